The van der Waals surface area contributed by atoms with Gasteiger partial charge >= 0.3 is 5.97 Å². The first-order valence-electron chi connectivity index (χ1n) is 8.26. The lowest BCUT2D eigenvalue weighted by molar-refractivity contribution is -0.384. The van der Waals surface area contributed by atoms with Gasteiger partial charge in [0.1, 0.15) is 6.04 Å². The second-order valence-corrected chi connectivity index (χ2v) is 6.29. The summed E-state index contributed by atoms with van der Waals surface area (Å²) in [6.07, 6.45) is 0.497. The normalized spacial score (nSPS) is 19.1. The average molecular weight is 351 g/mol. The number of aromatic amines is 1. The number of para-hydroxylation sites is 1. The van der Waals surface area contributed by atoms with Gasteiger partial charge in [-0.15, -0.1) is 0 Å². The first-order valence-corrected chi connectivity index (χ1v) is 8.26. The molecule has 7 nitrogen and oxygen atoms in total. The molecule has 0 radical (unpaired) electrons. The van der Waals surface area contributed by atoms with E-state index in [4.69, 9.17) is 4.74 Å². The number of nitrogens with one attached hydrogen (secondary N) is 2. The summed E-state index contributed by atoms with van der Waals surface area (Å²) in [5.74, 6) is -0.351. The molecule has 1 aliphatic rings. The fourth-order valence-corrected chi connectivity index (χ4v) is 3.61. The number of nitro benzene ring substituents is 1. The van der Waals surface area contributed by atoms with Crippen molar-refractivity contribution in [3.05, 3.63) is 75.5 Å². The van der Waals surface area contributed by atoms with Crippen molar-refractivity contribution in [1.29, 1.82) is 0 Å². The van der Waals surface area contributed by atoms with Gasteiger partial charge in [-0.05, 0) is 17.2 Å². The maximum Gasteiger partial charge on any atom is 0.323 e. The molecule has 3 aromatic rings. The first kappa shape index (κ1) is 16.3. The third kappa shape index (κ3) is 2.62. The molecule has 0 saturated carbocycles. The van der Waals surface area contributed by atoms with Gasteiger partial charge in [-0.3, -0.25) is 20.2 Å². The highest BCUT2D eigenvalue weighted by molar-refractivity contribution is 5.87. The van der Waals surface area contributed by atoms with Gasteiger partial charge in [-0.1, -0.05) is 30.3 Å². The number of fused-ring (bicyclic) bond motifs is 3. The van der Waals surface area contributed by atoms with Gasteiger partial charge in [0.2, 0.25) is 0 Å². The fourth-order valence-electron chi connectivity index (χ4n) is 3.61. The van der Waals surface area contributed by atoms with Crippen molar-refractivity contribution in [3.8, 4) is 0 Å². The van der Waals surface area contributed by atoms with Crippen LogP contribution in [0.2, 0.25) is 0 Å². The number of benzene rings is 2. The number of hydrogen-bond acceptors (Lipinski definition) is 5. The van der Waals surface area contributed by atoms with Crippen molar-refractivity contribution in [2.24, 2.45) is 0 Å². The minimum Gasteiger partial charge on any atom is -0.468 e. The molecule has 2 N–H and O–H groups in total. The number of carbonyl (C=O) groups is 1. The largest absolute Gasteiger partial charge is 0.468 e. The van der Waals surface area contributed by atoms with Crippen molar-refractivity contribution >= 4 is 22.6 Å². The van der Waals surface area contributed by atoms with E-state index in [1.165, 1.54) is 19.2 Å². The summed E-state index contributed by atoms with van der Waals surface area (Å²) in [5.41, 5.74) is 3.67. The zero-order chi connectivity index (χ0) is 18.3. The average Bonchev–Trinajstić information content (AvgIpc) is 3.05. The Labute approximate surface area is 149 Å². The van der Waals surface area contributed by atoms with E-state index in [2.05, 4.69) is 10.3 Å². The zero-order valence-corrected chi connectivity index (χ0v) is 14.1. The number of hydrogen-bond donors (Lipinski definition) is 2. The lowest BCUT2D eigenvalue weighted by Crippen LogP contribution is -2.45. The van der Waals surface area contributed by atoms with Gasteiger partial charge < -0.3 is 9.72 Å². The maximum atomic E-state index is 12.2. The number of nitro groups is 1. The number of ether oxygens (including phenoxy) is 1. The van der Waals surface area contributed by atoms with Gasteiger partial charge in [0.05, 0.1) is 18.1 Å². The van der Waals surface area contributed by atoms with Crippen LogP contribution >= 0.6 is 0 Å². The van der Waals surface area contributed by atoms with Crippen LogP contribution in [-0.4, -0.2) is 29.0 Å². The van der Waals surface area contributed by atoms with E-state index in [9.17, 15) is 14.9 Å². The van der Waals surface area contributed by atoms with Crippen molar-refractivity contribution in [2.75, 3.05) is 7.11 Å². The molecule has 0 bridgehead atoms. The van der Waals surface area contributed by atoms with E-state index in [-0.39, 0.29) is 17.7 Å². The number of nitrogens with zero attached hydrogens (tertiary/aromatic N) is 1. The van der Waals surface area contributed by atoms with Crippen molar-refractivity contribution in [2.45, 2.75) is 18.5 Å². The highest BCUT2D eigenvalue weighted by atomic mass is 16.6. The number of H-pyrrole nitrogens is 1. The Morgan fingerprint density at radius 2 is 2.04 bits per heavy atom. The van der Waals surface area contributed by atoms with Gasteiger partial charge in [-0.25, -0.2) is 0 Å². The molecule has 0 unspecified atom stereocenters. The number of carbonyl (C=O) groups excluding carboxylic acids is 1. The zero-order valence-electron chi connectivity index (χ0n) is 14.1. The molecule has 7 heteroatoms. The van der Waals surface area contributed by atoms with Crippen LogP contribution in [0.25, 0.3) is 10.9 Å². The van der Waals surface area contributed by atoms with E-state index in [1.807, 2.05) is 30.3 Å². The lowest BCUT2D eigenvalue weighted by Gasteiger charge is -2.30. The van der Waals surface area contributed by atoms with E-state index >= 15 is 0 Å². The highest BCUT2D eigenvalue weighted by Gasteiger charge is 2.34. The Kier molecular flexibility index (Phi) is 3.93. The van der Waals surface area contributed by atoms with Crippen molar-refractivity contribution < 1.29 is 14.5 Å². The minimum absolute atomic E-state index is 0.0159. The van der Waals surface area contributed by atoms with Crippen LogP contribution in [0.4, 0.5) is 5.69 Å². The van der Waals surface area contributed by atoms with E-state index in [0.29, 0.717) is 6.42 Å². The molecule has 132 valence electrons. The molecule has 0 amide bonds. The summed E-state index contributed by atoms with van der Waals surface area (Å²) >= 11 is 0. The molecule has 0 aliphatic carbocycles. The van der Waals surface area contributed by atoms with Gasteiger partial charge in [0, 0.05) is 35.2 Å². The molecule has 2 heterocycles. The topological polar surface area (TPSA) is 97.3 Å². The van der Waals surface area contributed by atoms with Crippen LogP contribution in [0.3, 0.4) is 0 Å². The molecule has 0 fully saturated rings. The Hall–Kier alpha value is -3.19. The quantitative estimate of drug-likeness (QED) is 0.430. The number of methoxy groups -OCH3 is 1. The van der Waals surface area contributed by atoms with Gasteiger partial charge in [0.15, 0.2) is 0 Å². The molecular weight excluding hydrogens is 334 g/mol. The van der Waals surface area contributed by atoms with Crippen LogP contribution in [-0.2, 0) is 16.0 Å². The molecule has 1 aromatic heterocycles. The number of esters is 1. The number of non-ortho nitro benzene ring substituents is 1. The third-order valence-corrected chi connectivity index (χ3v) is 4.81. The summed E-state index contributed by atoms with van der Waals surface area (Å²) in [4.78, 5) is 26.3. The fraction of sp³-hybridized carbons (Fsp3) is 0.211. The second kappa shape index (κ2) is 6.27. The molecule has 0 saturated heterocycles. The third-order valence-electron chi connectivity index (χ3n) is 4.81. The smallest absolute Gasteiger partial charge is 0.323 e. The van der Waals surface area contributed by atoms with Gasteiger partial charge in [0.25, 0.3) is 5.69 Å². The Morgan fingerprint density at radius 3 is 2.81 bits per heavy atom. The Morgan fingerprint density at radius 1 is 1.23 bits per heavy atom. The summed E-state index contributed by atoms with van der Waals surface area (Å²) in [7, 11) is 1.36. The summed E-state index contributed by atoms with van der Waals surface area (Å²) in [5, 5.41) is 15.5. The number of rotatable bonds is 3. The SMILES string of the molecule is COC(=O)[C@H]1Cc2c([nH]c3ccccc23)[C@H](c2cccc([N+](=O)[O-])c2)N1. The van der Waals surface area contributed by atoms with E-state index in [1.54, 1.807) is 6.07 Å². The summed E-state index contributed by atoms with van der Waals surface area (Å²) < 4.78 is 4.92. The Bertz CT molecular complexity index is 1010. The molecule has 2 atom stereocenters. The van der Waals surface area contributed by atoms with Crippen molar-refractivity contribution in [3.63, 3.8) is 0 Å². The summed E-state index contributed by atoms with van der Waals surface area (Å²) in [6, 6.07) is 13.5. The maximum absolute atomic E-state index is 12.2. The molecular formula is C19H17N3O4. The number of aromatic nitrogens is 1. The summed E-state index contributed by atoms with van der Waals surface area (Å²) in [6.45, 7) is 0. The van der Waals surface area contributed by atoms with E-state index < -0.39 is 11.0 Å². The van der Waals surface area contributed by atoms with Crippen LogP contribution in [0, 0.1) is 10.1 Å². The predicted molar refractivity (Wildman–Crippen MR) is 95.9 cm³/mol. The van der Waals surface area contributed by atoms with Crippen LogP contribution in [0.5, 0.6) is 0 Å². The second-order valence-electron chi connectivity index (χ2n) is 6.29. The first-order chi connectivity index (χ1) is 12.6. The Balaban J connectivity index is 1.87. The van der Waals surface area contributed by atoms with Crippen LogP contribution in [0.1, 0.15) is 22.9 Å². The predicted octanol–water partition coefficient (Wildman–Crippen LogP) is 2.85. The van der Waals surface area contributed by atoms with E-state index in [0.717, 1.165) is 27.7 Å². The van der Waals surface area contributed by atoms with Crippen molar-refractivity contribution in [1.82, 2.24) is 10.3 Å². The molecule has 2 aromatic carbocycles. The van der Waals surface area contributed by atoms with Crippen LogP contribution in [0.15, 0.2) is 48.5 Å². The molecule has 1 aliphatic heterocycles. The lowest BCUT2D eigenvalue weighted by atomic mass is 9.90. The highest BCUT2D eigenvalue weighted by Crippen LogP contribution is 2.36. The van der Waals surface area contributed by atoms with Gasteiger partial charge in [-0.2, -0.15) is 0 Å². The molecule has 0 spiro atoms. The van der Waals surface area contributed by atoms with Crippen LogP contribution < -0.4 is 5.32 Å². The minimum atomic E-state index is -0.518. The molecule has 4 rings (SSSR count). The monoisotopic (exact) mass is 351 g/mol. The standard InChI is InChI=1S/C19H17N3O4/c1-26-19(23)16-10-14-13-7-2-3-8-15(13)20-18(14)17(21-16)11-5-4-6-12(9-11)22(24)25/h2-9,16-17,20-21H,10H2,1H3/t16-,17+/m1/s1. The molecule has 26 heavy (non-hydrogen) atoms.